The van der Waals surface area contributed by atoms with Crippen molar-refractivity contribution in [1.82, 2.24) is 19.9 Å². The van der Waals surface area contributed by atoms with Crippen molar-refractivity contribution in [2.45, 2.75) is 13.3 Å². The van der Waals surface area contributed by atoms with E-state index in [-0.39, 0.29) is 16.8 Å². The Morgan fingerprint density at radius 1 is 1.19 bits per heavy atom. The third-order valence-electron chi connectivity index (χ3n) is 3.87. The molecule has 0 aliphatic carbocycles. The normalized spacial score (nSPS) is 10.7. The molecule has 0 aliphatic rings. The first-order valence-corrected chi connectivity index (χ1v) is 8.53. The summed E-state index contributed by atoms with van der Waals surface area (Å²) in [6, 6.07) is 4.78. The van der Waals surface area contributed by atoms with E-state index in [0.29, 0.717) is 34.4 Å². The van der Waals surface area contributed by atoms with Gasteiger partial charge in [-0.05, 0) is 24.6 Å². The van der Waals surface area contributed by atoms with Crippen molar-refractivity contribution >= 4 is 40.1 Å². The second-order valence-electron chi connectivity index (χ2n) is 5.81. The number of halogens is 1. The number of nitrogens with zero attached hydrogens (tertiary/aromatic N) is 3. The maximum atomic E-state index is 12.6. The molecule has 0 bridgehead atoms. The van der Waals surface area contributed by atoms with Crippen molar-refractivity contribution in [2.75, 3.05) is 11.9 Å². The van der Waals surface area contributed by atoms with E-state index >= 15 is 0 Å². The number of rotatable bonds is 5. The molecule has 3 aromatic rings. The van der Waals surface area contributed by atoms with Crippen LogP contribution < -0.4 is 10.6 Å². The Hall–Kier alpha value is -2.93. The number of aromatic nitrogens is 3. The fraction of sp³-hybridized carbons (Fsp3) is 0.222. The molecule has 26 heavy (non-hydrogen) atoms. The first kappa shape index (κ1) is 17.9. The number of hydrogen-bond donors (Lipinski definition) is 2. The van der Waals surface area contributed by atoms with Crippen LogP contribution >= 0.6 is 11.6 Å². The molecular weight excluding hydrogens is 354 g/mol. The Kier molecular flexibility index (Phi) is 5.18. The predicted molar refractivity (Wildman–Crippen MR) is 101 cm³/mol. The van der Waals surface area contributed by atoms with E-state index < -0.39 is 0 Å². The maximum Gasteiger partial charge on any atom is 0.259 e. The molecule has 0 saturated heterocycles. The molecule has 1 aromatic carbocycles. The van der Waals surface area contributed by atoms with Crippen LogP contribution in [0.4, 0.5) is 5.69 Å². The molecule has 2 aromatic heterocycles. The molecular formula is C18H18ClN5O2. The zero-order chi connectivity index (χ0) is 18.7. The van der Waals surface area contributed by atoms with Crippen LogP contribution in [0.1, 0.15) is 34.1 Å². The van der Waals surface area contributed by atoms with Crippen LogP contribution in [-0.2, 0) is 7.05 Å². The second kappa shape index (κ2) is 7.53. The van der Waals surface area contributed by atoms with E-state index in [1.807, 2.05) is 14.0 Å². The van der Waals surface area contributed by atoms with Crippen molar-refractivity contribution < 1.29 is 9.59 Å². The summed E-state index contributed by atoms with van der Waals surface area (Å²) in [5, 5.41) is 5.82. The Morgan fingerprint density at radius 2 is 2.00 bits per heavy atom. The van der Waals surface area contributed by atoms with E-state index in [1.54, 1.807) is 35.3 Å². The SMILES string of the molecule is CCCNC(=O)c1ccc(NC(=O)c2cncc3ncn(C)c23)cc1Cl. The smallest absolute Gasteiger partial charge is 0.259 e. The van der Waals surface area contributed by atoms with Gasteiger partial charge in [0.1, 0.15) is 5.52 Å². The zero-order valence-corrected chi connectivity index (χ0v) is 15.2. The van der Waals surface area contributed by atoms with Crippen LogP contribution in [0.2, 0.25) is 5.02 Å². The monoisotopic (exact) mass is 371 g/mol. The minimum absolute atomic E-state index is 0.237. The van der Waals surface area contributed by atoms with Gasteiger partial charge in [-0.25, -0.2) is 4.98 Å². The molecule has 0 atom stereocenters. The number of carbonyl (C=O) groups is 2. The summed E-state index contributed by atoms with van der Waals surface area (Å²) in [4.78, 5) is 32.9. The van der Waals surface area contributed by atoms with E-state index in [4.69, 9.17) is 11.6 Å². The molecule has 8 heteroatoms. The van der Waals surface area contributed by atoms with Gasteiger partial charge >= 0.3 is 0 Å². The lowest BCUT2D eigenvalue weighted by molar-refractivity contribution is 0.0953. The average Bonchev–Trinajstić information content (AvgIpc) is 3.01. The Morgan fingerprint density at radius 3 is 2.73 bits per heavy atom. The molecule has 0 spiro atoms. The maximum absolute atomic E-state index is 12.6. The number of imidazole rings is 1. The van der Waals surface area contributed by atoms with Gasteiger partial charge in [0.25, 0.3) is 11.8 Å². The largest absolute Gasteiger partial charge is 0.352 e. The topological polar surface area (TPSA) is 88.9 Å². The molecule has 3 rings (SSSR count). The van der Waals surface area contributed by atoms with Gasteiger partial charge in [0.2, 0.25) is 0 Å². The standard InChI is InChI=1S/C18H18ClN5O2/c1-3-6-21-17(25)12-5-4-11(7-14(12)19)23-18(26)13-8-20-9-15-16(13)24(2)10-22-15/h4-5,7-10H,3,6H2,1-2H3,(H,21,25)(H,23,26). The molecule has 0 fully saturated rings. The number of carbonyl (C=O) groups excluding carboxylic acids is 2. The third kappa shape index (κ3) is 3.52. The summed E-state index contributed by atoms with van der Waals surface area (Å²) in [6.45, 7) is 2.55. The zero-order valence-electron chi connectivity index (χ0n) is 14.4. The summed E-state index contributed by atoms with van der Waals surface area (Å²) < 4.78 is 1.76. The van der Waals surface area contributed by atoms with Gasteiger partial charge in [0.15, 0.2) is 0 Å². The molecule has 0 unspecified atom stereocenters. The van der Waals surface area contributed by atoms with Crippen molar-refractivity contribution in [3.8, 4) is 0 Å². The van der Waals surface area contributed by atoms with Crippen LogP contribution in [-0.4, -0.2) is 32.9 Å². The number of nitrogens with one attached hydrogen (secondary N) is 2. The van der Waals surface area contributed by atoms with Gasteiger partial charge in [-0.1, -0.05) is 18.5 Å². The van der Waals surface area contributed by atoms with Gasteiger partial charge < -0.3 is 15.2 Å². The number of aryl methyl sites for hydroxylation is 1. The highest BCUT2D eigenvalue weighted by Crippen LogP contribution is 2.23. The second-order valence-corrected chi connectivity index (χ2v) is 6.22. The Balaban J connectivity index is 1.82. The number of amides is 2. The fourth-order valence-corrected chi connectivity index (χ4v) is 2.86. The van der Waals surface area contributed by atoms with E-state index in [1.165, 1.54) is 6.20 Å². The van der Waals surface area contributed by atoms with Gasteiger partial charge in [-0.15, -0.1) is 0 Å². The van der Waals surface area contributed by atoms with Crippen LogP contribution in [0, 0.1) is 0 Å². The minimum Gasteiger partial charge on any atom is -0.352 e. The fourth-order valence-electron chi connectivity index (χ4n) is 2.59. The van der Waals surface area contributed by atoms with Crippen molar-refractivity contribution in [2.24, 2.45) is 7.05 Å². The first-order valence-electron chi connectivity index (χ1n) is 8.15. The number of anilines is 1. The third-order valence-corrected chi connectivity index (χ3v) is 4.19. The van der Waals surface area contributed by atoms with E-state index in [0.717, 1.165) is 6.42 Å². The number of hydrogen-bond acceptors (Lipinski definition) is 4. The Bertz CT molecular complexity index is 983. The summed E-state index contributed by atoms with van der Waals surface area (Å²) in [7, 11) is 1.81. The minimum atomic E-state index is -0.328. The number of benzene rings is 1. The summed E-state index contributed by atoms with van der Waals surface area (Å²) >= 11 is 6.20. The molecule has 2 N–H and O–H groups in total. The van der Waals surface area contributed by atoms with Crippen molar-refractivity contribution in [3.63, 3.8) is 0 Å². The highest BCUT2D eigenvalue weighted by atomic mass is 35.5. The number of pyridine rings is 1. The lowest BCUT2D eigenvalue weighted by Gasteiger charge is -2.10. The first-order chi connectivity index (χ1) is 12.5. The van der Waals surface area contributed by atoms with Gasteiger partial charge in [0, 0.05) is 25.5 Å². The van der Waals surface area contributed by atoms with Crippen molar-refractivity contribution in [1.29, 1.82) is 0 Å². The molecule has 7 nitrogen and oxygen atoms in total. The molecule has 0 radical (unpaired) electrons. The summed E-state index contributed by atoms with van der Waals surface area (Å²) in [6.07, 6.45) is 5.56. The number of fused-ring (bicyclic) bond motifs is 1. The van der Waals surface area contributed by atoms with Crippen molar-refractivity contribution in [3.05, 3.63) is 53.1 Å². The van der Waals surface area contributed by atoms with Gasteiger partial charge in [-0.3, -0.25) is 14.6 Å². The average molecular weight is 372 g/mol. The van der Waals surface area contributed by atoms with Crippen LogP contribution in [0.5, 0.6) is 0 Å². The van der Waals surface area contributed by atoms with Crippen LogP contribution in [0.3, 0.4) is 0 Å². The highest BCUT2D eigenvalue weighted by Gasteiger charge is 2.16. The lowest BCUT2D eigenvalue weighted by Crippen LogP contribution is -2.24. The Labute approximate surface area is 155 Å². The van der Waals surface area contributed by atoms with Crippen LogP contribution in [0.25, 0.3) is 11.0 Å². The quantitative estimate of drug-likeness (QED) is 0.721. The summed E-state index contributed by atoms with van der Waals surface area (Å²) in [5.74, 6) is -0.565. The molecule has 0 aliphatic heterocycles. The van der Waals surface area contributed by atoms with Gasteiger partial charge in [-0.2, -0.15) is 0 Å². The molecule has 134 valence electrons. The molecule has 0 saturated carbocycles. The predicted octanol–water partition coefficient (Wildman–Crippen LogP) is 3.01. The summed E-state index contributed by atoms with van der Waals surface area (Å²) in [5.41, 5.74) is 2.60. The van der Waals surface area contributed by atoms with Gasteiger partial charge in [0.05, 0.1) is 34.2 Å². The molecule has 2 heterocycles. The highest BCUT2D eigenvalue weighted by molar-refractivity contribution is 6.34. The van der Waals surface area contributed by atoms with E-state index in [2.05, 4.69) is 20.6 Å². The molecule has 2 amide bonds. The van der Waals surface area contributed by atoms with E-state index in [9.17, 15) is 9.59 Å². The van der Waals surface area contributed by atoms with Crippen LogP contribution in [0.15, 0.2) is 36.9 Å². The lowest BCUT2D eigenvalue weighted by atomic mass is 10.1.